The second kappa shape index (κ2) is 4.99. The first-order chi connectivity index (χ1) is 6.67. The van der Waals surface area contributed by atoms with Crippen LogP contribution in [-0.4, -0.2) is 0 Å². The quantitative estimate of drug-likeness (QED) is 0.655. The zero-order valence-corrected chi connectivity index (χ0v) is 9.72. The van der Waals surface area contributed by atoms with Gasteiger partial charge in [-0.05, 0) is 37.8 Å². The minimum Gasteiger partial charge on any atom is -0.0702 e. The standard InChI is InChI=1S/C14H20/c1-5-13(6-2)10-14-8-7-11(3)9-12(14)4/h7-10H,5-6H2,1-4H3. The average Bonchev–Trinajstić information content (AvgIpc) is 2.17. The highest BCUT2D eigenvalue weighted by molar-refractivity contribution is 5.57. The molecule has 0 spiro atoms. The van der Waals surface area contributed by atoms with Gasteiger partial charge >= 0.3 is 0 Å². The van der Waals surface area contributed by atoms with E-state index in [0.29, 0.717) is 0 Å². The van der Waals surface area contributed by atoms with Crippen LogP contribution < -0.4 is 0 Å². The van der Waals surface area contributed by atoms with Gasteiger partial charge in [0.15, 0.2) is 0 Å². The molecule has 0 amide bonds. The largest absolute Gasteiger partial charge is 0.0702 e. The lowest BCUT2D eigenvalue weighted by atomic mass is 10.0. The molecule has 0 bridgehead atoms. The highest BCUT2D eigenvalue weighted by Gasteiger charge is 1.96. The summed E-state index contributed by atoms with van der Waals surface area (Å²) in [7, 11) is 0. The Kier molecular flexibility index (Phi) is 3.94. The molecule has 76 valence electrons. The number of rotatable bonds is 3. The van der Waals surface area contributed by atoms with E-state index in [1.807, 2.05) is 0 Å². The fourth-order valence-electron chi connectivity index (χ4n) is 1.66. The van der Waals surface area contributed by atoms with Crippen LogP contribution in [0.1, 0.15) is 43.4 Å². The zero-order valence-electron chi connectivity index (χ0n) is 9.72. The highest BCUT2D eigenvalue weighted by atomic mass is 14.0. The third-order valence-corrected chi connectivity index (χ3v) is 2.69. The lowest BCUT2D eigenvalue weighted by Gasteiger charge is -2.05. The third-order valence-electron chi connectivity index (χ3n) is 2.69. The van der Waals surface area contributed by atoms with E-state index in [-0.39, 0.29) is 0 Å². The summed E-state index contributed by atoms with van der Waals surface area (Å²) in [5, 5.41) is 0. The average molecular weight is 188 g/mol. The summed E-state index contributed by atoms with van der Waals surface area (Å²) >= 11 is 0. The van der Waals surface area contributed by atoms with Gasteiger partial charge in [0.1, 0.15) is 0 Å². The van der Waals surface area contributed by atoms with Gasteiger partial charge in [0.05, 0.1) is 0 Å². The number of allylic oxidation sites excluding steroid dienone is 1. The molecule has 0 N–H and O–H groups in total. The van der Waals surface area contributed by atoms with Gasteiger partial charge in [-0.2, -0.15) is 0 Å². The first-order valence-electron chi connectivity index (χ1n) is 5.44. The molecule has 0 aliphatic heterocycles. The second-order valence-corrected chi connectivity index (χ2v) is 3.87. The molecular weight excluding hydrogens is 168 g/mol. The van der Waals surface area contributed by atoms with E-state index >= 15 is 0 Å². The summed E-state index contributed by atoms with van der Waals surface area (Å²) in [6.07, 6.45) is 4.64. The topological polar surface area (TPSA) is 0 Å². The Morgan fingerprint density at radius 2 is 1.79 bits per heavy atom. The van der Waals surface area contributed by atoms with Gasteiger partial charge in [-0.25, -0.2) is 0 Å². The fourth-order valence-corrected chi connectivity index (χ4v) is 1.66. The van der Waals surface area contributed by atoms with Gasteiger partial charge < -0.3 is 0 Å². The van der Waals surface area contributed by atoms with Crippen molar-refractivity contribution in [1.29, 1.82) is 0 Å². The predicted molar refractivity (Wildman–Crippen MR) is 64.5 cm³/mol. The van der Waals surface area contributed by atoms with Crippen LogP contribution in [-0.2, 0) is 0 Å². The van der Waals surface area contributed by atoms with Crippen molar-refractivity contribution < 1.29 is 0 Å². The maximum atomic E-state index is 2.33. The van der Waals surface area contributed by atoms with Crippen LogP contribution >= 0.6 is 0 Å². The molecule has 0 nitrogen and oxygen atoms in total. The minimum atomic E-state index is 1.16. The number of hydrogen-bond donors (Lipinski definition) is 0. The molecule has 1 rings (SSSR count). The van der Waals surface area contributed by atoms with Crippen LogP contribution in [0.15, 0.2) is 23.8 Å². The molecule has 0 aliphatic carbocycles. The van der Waals surface area contributed by atoms with E-state index < -0.39 is 0 Å². The molecule has 0 atom stereocenters. The molecule has 0 heterocycles. The van der Waals surface area contributed by atoms with Crippen LogP contribution in [0.4, 0.5) is 0 Å². The minimum absolute atomic E-state index is 1.16. The zero-order chi connectivity index (χ0) is 10.6. The van der Waals surface area contributed by atoms with E-state index in [2.05, 4.69) is 52.0 Å². The second-order valence-electron chi connectivity index (χ2n) is 3.87. The fraction of sp³-hybridized carbons (Fsp3) is 0.429. The molecule has 0 aliphatic rings. The van der Waals surface area contributed by atoms with Crippen molar-refractivity contribution in [2.24, 2.45) is 0 Å². The smallest absolute Gasteiger partial charge is 0.0228 e. The molecule has 0 heteroatoms. The monoisotopic (exact) mass is 188 g/mol. The summed E-state index contributed by atoms with van der Waals surface area (Å²) in [4.78, 5) is 0. The van der Waals surface area contributed by atoms with Crippen LogP contribution in [0, 0.1) is 13.8 Å². The van der Waals surface area contributed by atoms with Crippen molar-refractivity contribution in [2.45, 2.75) is 40.5 Å². The first kappa shape index (κ1) is 11.0. The van der Waals surface area contributed by atoms with Crippen molar-refractivity contribution in [1.82, 2.24) is 0 Å². The van der Waals surface area contributed by atoms with Gasteiger partial charge in [0, 0.05) is 0 Å². The number of aryl methyl sites for hydroxylation is 2. The maximum Gasteiger partial charge on any atom is -0.0228 e. The van der Waals surface area contributed by atoms with Gasteiger partial charge in [-0.15, -0.1) is 0 Å². The molecule has 0 saturated carbocycles. The Morgan fingerprint density at radius 3 is 2.29 bits per heavy atom. The van der Waals surface area contributed by atoms with Crippen LogP contribution in [0.3, 0.4) is 0 Å². The van der Waals surface area contributed by atoms with E-state index in [0.717, 1.165) is 12.8 Å². The summed E-state index contributed by atoms with van der Waals surface area (Å²) in [5.41, 5.74) is 5.62. The molecule has 0 unspecified atom stereocenters. The molecule has 14 heavy (non-hydrogen) atoms. The summed E-state index contributed by atoms with van der Waals surface area (Å²) < 4.78 is 0. The highest BCUT2D eigenvalue weighted by Crippen LogP contribution is 2.17. The third kappa shape index (κ3) is 2.73. The van der Waals surface area contributed by atoms with Crippen LogP contribution in [0.5, 0.6) is 0 Å². The maximum absolute atomic E-state index is 2.33. The van der Waals surface area contributed by atoms with Crippen LogP contribution in [0.25, 0.3) is 6.08 Å². The Balaban J connectivity index is 3.02. The molecule has 0 fully saturated rings. The molecule has 0 radical (unpaired) electrons. The lowest BCUT2D eigenvalue weighted by Crippen LogP contribution is -1.85. The predicted octanol–water partition coefficient (Wildman–Crippen LogP) is 4.51. The molecule has 0 saturated heterocycles. The van der Waals surface area contributed by atoms with Gasteiger partial charge in [-0.1, -0.05) is 49.3 Å². The van der Waals surface area contributed by atoms with Crippen molar-refractivity contribution in [3.05, 3.63) is 40.5 Å². The molecule has 1 aromatic rings. The summed E-state index contributed by atoms with van der Waals surface area (Å²) in [5.74, 6) is 0. The Labute approximate surface area is 87.7 Å². The first-order valence-corrected chi connectivity index (χ1v) is 5.44. The number of benzene rings is 1. The van der Waals surface area contributed by atoms with E-state index in [4.69, 9.17) is 0 Å². The Hall–Kier alpha value is -1.04. The SMILES string of the molecule is CCC(=Cc1ccc(C)cc1C)CC. The van der Waals surface area contributed by atoms with Crippen molar-refractivity contribution in [3.8, 4) is 0 Å². The lowest BCUT2D eigenvalue weighted by molar-refractivity contribution is 0.989. The molecule has 0 aromatic heterocycles. The van der Waals surface area contributed by atoms with Gasteiger partial charge in [0.25, 0.3) is 0 Å². The van der Waals surface area contributed by atoms with E-state index in [1.54, 1.807) is 0 Å². The van der Waals surface area contributed by atoms with E-state index in [1.165, 1.54) is 22.3 Å². The summed E-state index contributed by atoms with van der Waals surface area (Å²) in [6, 6.07) is 6.65. The van der Waals surface area contributed by atoms with Gasteiger partial charge in [0.2, 0.25) is 0 Å². The normalized spacial score (nSPS) is 10.0. The summed E-state index contributed by atoms with van der Waals surface area (Å²) in [6.45, 7) is 8.76. The Morgan fingerprint density at radius 1 is 1.14 bits per heavy atom. The van der Waals surface area contributed by atoms with Crippen molar-refractivity contribution in [3.63, 3.8) is 0 Å². The van der Waals surface area contributed by atoms with Crippen LogP contribution in [0.2, 0.25) is 0 Å². The van der Waals surface area contributed by atoms with Gasteiger partial charge in [-0.3, -0.25) is 0 Å². The number of hydrogen-bond acceptors (Lipinski definition) is 0. The van der Waals surface area contributed by atoms with Crippen molar-refractivity contribution >= 4 is 6.08 Å². The molecular formula is C14H20. The van der Waals surface area contributed by atoms with Crippen molar-refractivity contribution in [2.75, 3.05) is 0 Å². The Bertz CT molecular complexity index is 326. The molecule has 1 aromatic carbocycles. The van der Waals surface area contributed by atoms with E-state index in [9.17, 15) is 0 Å².